The van der Waals surface area contributed by atoms with E-state index in [1.807, 2.05) is 91.0 Å². The molecule has 0 saturated carbocycles. The molecule has 1 aliphatic heterocycles. The highest BCUT2D eigenvalue weighted by Crippen LogP contribution is 2.62. The molecule has 5 heteroatoms. The summed E-state index contributed by atoms with van der Waals surface area (Å²) in [4.78, 5) is 15.1. The SMILES string of the molecule is N#Cc1ccc(-c2ccc3c(c2)Oc2ccc(-c4nc(-c5ccccc5)nc(-c5ccccc5)n4)cc2C32c3ccccc3-c3ccccc32)c2ccccc12. The fourth-order valence-corrected chi connectivity index (χ4v) is 8.80. The lowest BCUT2D eigenvalue weighted by atomic mass is 9.65. The first-order valence-corrected chi connectivity index (χ1v) is 18.7. The second-order valence-electron chi connectivity index (χ2n) is 14.2. The van der Waals surface area contributed by atoms with E-state index in [1.54, 1.807) is 0 Å². The van der Waals surface area contributed by atoms with Crippen molar-refractivity contribution in [1.29, 1.82) is 5.26 Å². The topological polar surface area (TPSA) is 71.7 Å². The van der Waals surface area contributed by atoms with E-state index >= 15 is 0 Å². The van der Waals surface area contributed by atoms with Crippen LogP contribution < -0.4 is 4.74 Å². The average molecular weight is 715 g/mol. The van der Waals surface area contributed by atoms with Crippen molar-refractivity contribution in [2.75, 3.05) is 0 Å². The molecule has 56 heavy (non-hydrogen) atoms. The standard InChI is InChI=1S/C51H30N4O/c52-31-36-23-26-38(39-18-8-7-17-37(36)39)34-24-27-44-47(30-34)56-46-28-25-35(29-45(46)51(44)42-21-11-9-19-40(42)41-20-10-12-22-43(41)51)50-54-48(32-13-3-1-4-14-32)53-49(55-50)33-15-5-2-6-16-33/h1-30H. The van der Waals surface area contributed by atoms with Crippen LogP contribution >= 0.6 is 0 Å². The number of rotatable bonds is 4. The normalized spacial score (nSPS) is 12.9. The lowest BCUT2D eigenvalue weighted by molar-refractivity contribution is 0.436. The molecule has 5 nitrogen and oxygen atoms in total. The van der Waals surface area contributed by atoms with E-state index in [9.17, 15) is 5.26 Å². The Morgan fingerprint density at radius 3 is 1.59 bits per heavy atom. The molecular formula is C51H30N4O. The summed E-state index contributed by atoms with van der Waals surface area (Å²) >= 11 is 0. The van der Waals surface area contributed by atoms with Crippen LogP contribution in [0.15, 0.2) is 182 Å². The van der Waals surface area contributed by atoms with Gasteiger partial charge >= 0.3 is 0 Å². The van der Waals surface area contributed by atoms with Crippen molar-refractivity contribution < 1.29 is 4.74 Å². The molecule has 2 aliphatic rings. The second kappa shape index (κ2) is 12.4. The molecule has 2 heterocycles. The highest BCUT2D eigenvalue weighted by molar-refractivity contribution is 6.00. The van der Waals surface area contributed by atoms with Crippen LogP contribution in [0.5, 0.6) is 11.5 Å². The van der Waals surface area contributed by atoms with Gasteiger partial charge in [0.25, 0.3) is 0 Å². The van der Waals surface area contributed by atoms with E-state index < -0.39 is 5.41 Å². The summed E-state index contributed by atoms with van der Waals surface area (Å²) < 4.78 is 6.98. The maximum atomic E-state index is 9.87. The van der Waals surface area contributed by atoms with E-state index in [4.69, 9.17) is 19.7 Å². The molecule has 1 aromatic heterocycles. The molecule has 11 rings (SSSR count). The minimum Gasteiger partial charge on any atom is -0.457 e. The van der Waals surface area contributed by atoms with Crippen molar-refractivity contribution in [3.63, 3.8) is 0 Å². The lowest BCUT2D eigenvalue weighted by Gasteiger charge is -2.39. The third-order valence-electron chi connectivity index (χ3n) is 11.3. The number of ether oxygens (including phenoxy) is 1. The van der Waals surface area contributed by atoms with E-state index in [0.29, 0.717) is 23.0 Å². The Morgan fingerprint density at radius 1 is 0.393 bits per heavy atom. The Hall–Kier alpha value is -7.68. The third kappa shape index (κ3) is 4.70. The van der Waals surface area contributed by atoms with Crippen LogP contribution in [0.25, 0.3) is 67.2 Å². The number of nitrogens with zero attached hydrogens (tertiary/aromatic N) is 4. The van der Waals surface area contributed by atoms with Crippen LogP contribution in [0, 0.1) is 11.3 Å². The molecule has 0 atom stereocenters. The zero-order chi connectivity index (χ0) is 37.2. The van der Waals surface area contributed by atoms with Gasteiger partial charge in [-0.25, -0.2) is 15.0 Å². The third-order valence-corrected chi connectivity index (χ3v) is 11.3. The predicted octanol–water partition coefficient (Wildman–Crippen LogP) is 12.0. The van der Waals surface area contributed by atoms with Gasteiger partial charge in [-0.15, -0.1) is 0 Å². The maximum Gasteiger partial charge on any atom is 0.164 e. The highest BCUT2D eigenvalue weighted by atomic mass is 16.5. The van der Waals surface area contributed by atoms with Crippen LogP contribution in [-0.4, -0.2) is 15.0 Å². The molecule has 1 spiro atoms. The zero-order valence-electron chi connectivity index (χ0n) is 30.0. The molecule has 0 bridgehead atoms. The fourth-order valence-electron chi connectivity index (χ4n) is 8.80. The first-order valence-electron chi connectivity index (χ1n) is 18.7. The van der Waals surface area contributed by atoms with E-state index in [1.165, 1.54) is 22.3 Å². The van der Waals surface area contributed by atoms with E-state index in [2.05, 4.69) is 97.1 Å². The van der Waals surface area contributed by atoms with Gasteiger partial charge < -0.3 is 4.74 Å². The molecule has 9 aromatic rings. The predicted molar refractivity (Wildman–Crippen MR) is 221 cm³/mol. The Kier molecular flexibility index (Phi) is 7.07. The molecule has 8 aromatic carbocycles. The molecule has 260 valence electrons. The summed E-state index contributed by atoms with van der Waals surface area (Å²) in [6, 6.07) is 64.9. The van der Waals surface area contributed by atoms with E-state index in [-0.39, 0.29) is 0 Å². The number of benzene rings is 8. The van der Waals surface area contributed by atoms with Crippen molar-refractivity contribution in [3.05, 3.63) is 210 Å². The minimum atomic E-state index is -0.686. The van der Waals surface area contributed by atoms with Gasteiger partial charge in [-0.1, -0.05) is 152 Å². The number of hydrogen-bond acceptors (Lipinski definition) is 5. The Balaban J connectivity index is 1.16. The summed E-state index contributed by atoms with van der Waals surface area (Å²) in [5, 5.41) is 11.8. The lowest BCUT2D eigenvalue weighted by Crippen LogP contribution is -2.32. The smallest absolute Gasteiger partial charge is 0.164 e. The van der Waals surface area contributed by atoms with Crippen LogP contribution in [0.2, 0.25) is 0 Å². The number of hydrogen-bond donors (Lipinski definition) is 0. The summed E-state index contributed by atoms with van der Waals surface area (Å²) in [6.45, 7) is 0. The van der Waals surface area contributed by atoms with Crippen LogP contribution in [0.3, 0.4) is 0 Å². The minimum absolute atomic E-state index is 0.587. The first kappa shape index (κ1) is 31.8. The van der Waals surface area contributed by atoms with Crippen LogP contribution in [-0.2, 0) is 5.41 Å². The molecular weight excluding hydrogens is 685 g/mol. The van der Waals surface area contributed by atoms with Gasteiger partial charge in [0.15, 0.2) is 17.5 Å². The van der Waals surface area contributed by atoms with Gasteiger partial charge in [0.1, 0.15) is 11.5 Å². The number of fused-ring (bicyclic) bond motifs is 10. The van der Waals surface area contributed by atoms with Crippen LogP contribution in [0.4, 0.5) is 0 Å². The zero-order valence-corrected chi connectivity index (χ0v) is 30.0. The van der Waals surface area contributed by atoms with Crippen molar-refractivity contribution in [1.82, 2.24) is 15.0 Å². The number of aromatic nitrogens is 3. The Labute approximate surface area is 323 Å². The fraction of sp³-hybridized carbons (Fsp3) is 0.0196. The van der Waals surface area contributed by atoms with Crippen molar-refractivity contribution in [3.8, 4) is 74.0 Å². The quantitative estimate of drug-likeness (QED) is 0.181. The molecule has 0 fully saturated rings. The average Bonchev–Trinajstić information content (AvgIpc) is 3.57. The Morgan fingerprint density at radius 2 is 0.946 bits per heavy atom. The van der Waals surface area contributed by atoms with Gasteiger partial charge in [-0.2, -0.15) is 5.26 Å². The van der Waals surface area contributed by atoms with Crippen molar-refractivity contribution >= 4 is 10.8 Å². The molecule has 0 radical (unpaired) electrons. The van der Waals surface area contributed by atoms with E-state index in [0.717, 1.165) is 61.2 Å². The van der Waals surface area contributed by atoms with Gasteiger partial charge in [-0.05, 0) is 69.1 Å². The Bertz CT molecular complexity index is 2970. The molecule has 0 saturated heterocycles. The molecule has 0 N–H and O–H groups in total. The first-order chi connectivity index (χ1) is 27.7. The largest absolute Gasteiger partial charge is 0.457 e. The van der Waals surface area contributed by atoms with Gasteiger partial charge in [-0.3, -0.25) is 0 Å². The monoisotopic (exact) mass is 714 g/mol. The summed E-state index contributed by atoms with van der Waals surface area (Å²) in [5.41, 5.74) is 11.6. The molecule has 0 unspecified atom stereocenters. The maximum absolute atomic E-state index is 9.87. The van der Waals surface area contributed by atoms with Crippen molar-refractivity contribution in [2.45, 2.75) is 5.41 Å². The molecule has 0 amide bonds. The summed E-state index contributed by atoms with van der Waals surface area (Å²) in [5.74, 6) is 3.38. The molecule has 1 aliphatic carbocycles. The summed E-state index contributed by atoms with van der Waals surface area (Å²) in [7, 11) is 0. The van der Waals surface area contributed by atoms with Gasteiger partial charge in [0, 0.05) is 33.2 Å². The highest BCUT2D eigenvalue weighted by Gasteiger charge is 2.51. The van der Waals surface area contributed by atoms with Crippen molar-refractivity contribution in [2.24, 2.45) is 0 Å². The number of nitriles is 1. The van der Waals surface area contributed by atoms with Crippen LogP contribution in [0.1, 0.15) is 27.8 Å². The second-order valence-corrected chi connectivity index (χ2v) is 14.2. The van der Waals surface area contributed by atoms with Gasteiger partial charge in [0.2, 0.25) is 0 Å². The summed E-state index contributed by atoms with van der Waals surface area (Å²) in [6.07, 6.45) is 0. The van der Waals surface area contributed by atoms with Gasteiger partial charge in [0.05, 0.1) is 17.0 Å².